The zero-order valence-electron chi connectivity index (χ0n) is 18.2. The lowest BCUT2D eigenvalue weighted by molar-refractivity contribution is 0.394. The molecule has 166 valence electrons. The van der Waals surface area contributed by atoms with Gasteiger partial charge >= 0.3 is 0 Å². The Hall–Kier alpha value is -4.66. The van der Waals surface area contributed by atoms with E-state index in [1.165, 1.54) is 0 Å². The van der Waals surface area contributed by atoms with Gasteiger partial charge in [-0.3, -0.25) is 0 Å². The molecule has 9 nitrogen and oxygen atoms in total. The molecule has 0 saturated carbocycles. The SMILES string of the molecule is COc1ccc(/C=N\Nc2nc(Nc3ccccc3)nc(Nc3ccccc3)n2)c(OC)c1. The zero-order valence-corrected chi connectivity index (χ0v) is 18.2. The van der Waals surface area contributed by atoms with Crippen LogP contribution in [-0.4, -0.2) is 35.4 Å². The lowest BCUT2D eigenvalue weighted by Crippen LogP contribution is -2.07. The minimum absolute atomic E-state index is 0.269. The summed E-state index contributed by atoms with van der Waals surface area (Å²) in [5.74, 6) is 2.34. The maximum atomic E-state index is 5.40. The van der Waals surface area contributed by atoms with Crippen molar-refractivity contribution in [3.8, 4) is 11.5 Å². The summed E-state index contributed by atoms with van der Waals surface area (Å²) in [7, 11) is 3.20. The fourth-order valence-electron chi connectivity index (χ4n) is 2.92. The fourth-order valence-corrected chi connectivity index (χ4v) is 2.92. The van der Waals surface area contributed by atoms with Crippen LogP contribution in [-0.2, 0) is 0 Å². The number of hydrogen-bond acceptors (Lipinski definition) is 9. The minimum Gasteiger partial charge on any atom is -0.497 e. The number of benzene rings is 3. The number of nitrogens with zero attached hydrogens (tertiary/aromatic N) is 4. The maximum absolute atomic E-state index is 5.40. The number of anilines is 5. The standard InChI is InChI=1S/C24H23N7O2/c1-32-20-14-13-17(21(15-20)33-2)16-25-31-24-29-22(26-18-9-5-3-6-10-18)28-23(30-24)27-19-11-7-4-8-12-19/h3-16H,1-2H3,(H3,26,27,28,29,30,31)/b25-16-. The van der Waals surface area contributed by atoms with Gasteiger partial charge in [0.15, 0.2) is 0 Å². The monoisotopic (exact) mass is 441 g/mol. The van der Waals surface area contributed by atoms with Crippen molar-refractivity contribution >= 4 is 35.4 Å². The first kappa shape index (κ1) is 21.6. The number of aromatic nitrogens is 3. The highest BCUT2D eigenvalue weighted by atomic mass is 16.5. The molecule has 0 atom stereocenters. The molecule has 1 heterocycles. The zero-order chi connectivity index (χ0) is 22.9. The van der Waals surface area contributed by atoms with Crippen LogP contribution in [0.15, 0.2) is 84.0 Å². The number of ether oxygens (including phenoxy) is 2. The first-order valence-corrected chi connectivity index (χ1v) is 10.1. The Labute approximate surface area is 191 Å². The van der Waals surface area contributed by atoms with Crippen molar-refractivity contribution in [3.05, 3.63) is 84.4 Å². The molecule has 0 saturated heterocycles. The summed E-state index contributed by atoms with van der Waals surface area (Å²) >= 11 is 0. The first-order valence-electron chi connectivity index (χ1n) is 10.1. The molecular weight excluding hydrogens is 418 g/mol. The van der Waals surface area contributed by atoms with E-state index in [0.717, 1.165) is 16.9 Å². The Bertz CT molecular complexity index is 1160. The highest BCUT2D eigenvalue weighted by molar-refractivity contribution is 5.84. The molecule has 9 heteroatoms. The Morgan fingerprint density at radius 2 is 1.27 bits per heavy atom. The number of hydrogen-bond donors (Lipinski definition) is 3. The highest BCUT2D eigenvalue weighted by Crippen LogP contribution is 2.23. The largest absolute Gasteiger partial charge is 0.497 e. The van der Waals surface area contributed by atoms with Crippen LogP contribution in [0.2, 0.25) is 0 Å². The van der Waals surface area contributed by atoms with Gasteiger partial charge < -0.3 is 20.1 Å². The lowest BCUT2D eigenvalue weighted by atomic mass is 10.2. The van der Waals surface area contributed by atoms with Crippen LogP contribution < -0.4 is 25.5 Å². The van der Waals surface area contributed by atoms with Crippen LogP contribution in [0.5, 0.6) is 11.5 Å². The lowest BCUT2D eigenvalue weighted by Gasteiger charge is -2.10. The van der Waals surface area contributed by atoms with Crippen molar-refractivity contribution in [2.45, 2.75) is 0 Å². The third-order valence-electron chi connectivity index (χ3n) is 4.50. The molecular formula is C24H23N7O2. The Kier molecular flexibility index (Phi) is 6.92. The van der Waals surface area contributed by atoms with Crippen LogP contribution >= 0.6 is 0 Å². The van der Waals surface area contributed by atoms with Crippen molar-refractivity contribution in [3.63, 3.8) is 0 Å². The van der Waals surface area contributed by atoms with E-state index in [1.54, 1.807) is 26.5 Å². The molecule has 4 aromatic rings. The molecule has 0 bridgehead atoms. The van der Waals surface area contributed by atoms with Gasteiger partial charge in [0.25, 0.3) is 0 Å². The molecule has 0 unspecified atom stereocenters. The molecule has 0 spiro atoms. The van der Waals surface area contributed by atoms with Crippen molar-refractivity contribution in [1.82, 2.24) is 15.0 Å². The summed E-state index contributed by atoms with van der Waals surface area (Å²) in [5, 5.41) is 10.6. The van der Waals surface area contributed by atoms with E-state index >= 15 is 0 Å². The van der Waals surface area contributed by atoms with E-state index in [-0.39, 0.29) is 5.95 Å². The quantitative estimate of drug-likeness (QED) is 0.251. The molecule has 3 N–H and O–H groups in total. The molecule has 33 heavy (non-hydrogen) atoms. The van der Waals surface area contributed by atoms with E-state index in [0.29, 0.717) is 23.4 Å². The average Bonchev–Trinajstić information content (AvgIpc) is 2.85. The molecule has 0 fully saturated rings. The second-order valence-electron chi connectivity index (χ2n) is 6.77. The molecule has 4 rings (SSSR count). The van der Waals surface area contributed by atoms with E-state index in [1.807, 2.05) is 72.8 Å². The number of hydrazone groups is 1. The van der Waals surface area contributed by atoms with Crippen molar-refractivity contribution in [2.24, 2.45) is 5.10 Å². The summed E-state index contributed by atoms with van der Waals surface area (Å²) < 4.78 is 10.6. The Balaban J connectivity index is 1.57. The Morgan fingerprint density at radius 1 is 0.697 bits per heavy atom. The Morgan fingerprint density at radius 3 is 1.82 bits per heavy atom. The predicted molar refractivity (Wildman–Crippen MR) is 130 cm³/mol. The van der Waals surface area contributed by atoms with Crippen LogP contribution in [0.3, 0.4) is 0 Å². The molecule has 1 aromatic heterocycles. The molecule has 0 radical (unpaired) electrons. The van der Waals surface area contributed by atoms with E-state index in [2.05, 4.69) is 36.1 Å². The normalized spacial score (nSPS) is 10.6. The highest BCUT2D eigenvalue weighted by Gasteiger charge is 2.08. The van der Waals surface area contributed by atoms with Crippen molar-refractivity contribution < 1.29 is 9.47 Å². The predicted octanol–water partition coefficient (Wildman–Crippen LogP) is 4.82. The summed E-state index contributed by atoms with van der Waals surface area (Å²) in [6, 6.07) is 24.8. The van der Waals surface area contributed by atoms with Gasteiger partial charge in [0.05, 0.1) is 20.4 Å². The van der Waals surface area contributed by atoms with Gasteiger partial charge in [-0.15, -0.1) is 0 Å². The number of rotatable bonds is 9. The second-order valence-corrected chi connectivity index (χ2v) is 6.77. The van der Waals surface area contributed by atoms with E-state index in [9.17, 15) is 0 Å². The van der Waals surface area contributed by atoms with Gasteiger partial charge in [-0.25, -0.2) is 5.43 Å². The number of methoxy groups -OCH3 is 2. The number of para-hydroxylation sites is 2. The summed E-state index contributed by atoms with van der Waals surface area (Å²) in [6.45, 7) is 0. The third kappa shape index (κ3) is 5.95. The average molecular weight is 441 g/mol. The molecule has 0 aliphatic rings. The summed E-state index contributed by atoms with van der Waals surface area (Å²) in [6.07, 6.45) is 1.62. The number of nitrogens with one attached hydrogen (secondary N) is 3. The van der Waals surface area contributed by atoms with Crippen LogP contribution in [0, 0.1) is 0 Å². The molecule has 0 aliphatic heterocycles. The molecule has 0 amide bonds. The van der Waals surface area contributed by atoms with Gasteiger partial charge in [-0.05, 0) is 36.4 Å². The van der Waals surface area contributed by atoms with Gasteiger partial charge in [0, 0.05) is 23.0 Å². The second kappa shape index (κ2) is 10.6. The van der Waals surface area contributed by atoms with E-state index in [4.69, 9.17) is 9.47 Å². The minimum atomic E-state index is 0.269. The van der Waals surface area contributed by atoms with Gasteiger partial charge in [-0.1, -0.05) is 36.4 Å². The maximum Gasteiger partial charge on any atom is 0.250 e. The summed E-state index contributed by atoms with van der Waals surface area (Å²) in [4.78, 5) is 13.3. The van der Waals surface area contributed by atoms with Crippen LogP contribution in [0.25, 0.3) is 0 Å². The van der Waals surface area contributed by atoms with E-state index < -0.39 is 0 Å². The third-order valence-corrected chi connectivity index (χ3v) is 4.50. The van der Waals surface area contributed by atoms with Crippen LogP contribution in [0.4, 0.5) is 29.2 Å². The van der Waals surface area contributed by atoms with Crippen molar-refractivity contribution in [1.29, 1.82) is 0 Å². The first-order chi connectivity index (χ1) is 16.2. The van der Waals surface area contributed by atoms with Crippen LogP contribution in [0.1, 0.15) is 5.56 Å². The topological polar surface area (TPSA) is 106 Å². The smallest absolute Gasteiger partial charge is 0.250 e. The van der Waals surface area contributed by atoms with Gasteiger partial charge in [0.2, 0.25) is 17.8 Å². The molecule has 0 aliphatic carbocycles. The van der Waals surface area contributed by atoms with Gasteiger partial charge in [-0.2, -0.15) is 20.1 Å². The fraction of sp³-hybridized carbons (Fsp3) is 0.0833. The van der Waals surface area contributed by atoms with Crippen molar-refractivity contribution in [2.75, 3.05) is 30.3 Å². The molecule has 3 aromatic carbocycles. The summed E-state index contributed by atoms with van der Waals surface area (Å²) in [5.41, 5.74) is 5.34. The van der Waals surface area contributed by atoms with Gasteiger partial charge in [0.1, 0.15) is 11.5 Å².